The maximum atomic E-state index is 5.98. The van der Waals surface area contributed by atoms with Gasteiger partial charge in [0.2, 0.25) is 0 Å². The summed E-state index contributed by atoms with van der Waals surface area (Å²) in [5, 5.41) is 3.37. The minimum atomic E-state index is 0.0379. The maximum absolute atomic E-state index is 5.98. The number of rotatable bonds is 4. The van der Waals surface area contributed by atoms with Gasteiger partial charge in [0.1, 0.15) is 0 Å². The van der Waals surface area contributed by atoms with Gasteiger partial charge < -0.3 is 14.8 Å². The van der Waals surface area contributed by atoms with Crippen LogP contribution in [-0.4, -0.2) is 32.1 Å². The molecule has 3 atom stereocenters. The van der Waals surface area contributed by atoms with Crippen LogP contribution in [0.25, 0.3) is 0 Å². The lowest BCUT2D eigenvalue weighted by Crippen LogP contribution is -2.32. The number of nitrogens with one attached hydrogen (secondary N) is 1. The van der Waals surface area contributed by atoms with Crippen molar-refractivity contribution in [2.24, 2.45) is 5.92 Å². The van der Waals surface area contributed by atoms with Gasteiger partial charge >= 0.3 is 0 Å². The molecule has 0 bridgehead atoms. The quantitative estimate of drug-likeness (QED) is 0.718. The minimum absolute atomic E-state index is 0.0379. The summed E-state index contributed by atoms with van der Waals surface area (Å²) in [6.45, 7) is 6.65. The molecule has 2 rings (SSSR count). The summed E-state index contributed by atoms with van der Waals surface area (Å²) in [6.07, 6.45) is 6.83. The Bertz CT molecular complexity index is 202. The topological polar surface area (TPSA) is 30.5 Å². The van der Waals surface area contributed by atoms with Gasteiger partial charge in [-0.05, 0) is 25.7 Å². The third kappa shape index (κ3) is 3.03. The summed E-state index contributed by atoms with van der Waals surface area (Å²) in [6, 6.07) is 0. The van der Waals surface area contributed by atoms with E-state index in [2.05, 4.69) is 11.9 Å². The second kappa shape index (κ2) is 5.64. The van der Waals surface area contributed by atoms with Gasteiger partial charge in [0, 0.05) is 25.6 Å². The Morgan fingerprint density at radius 3 is 3.07 bits per heavy atom. The fraction of sp³-hybridized carbons (Fsp3) is 0.833. The Morgan fingerprint density at radius 1 is 1.40 bits per heavy atom. The molecule has 86 valence electrons. The zero-order chi connectivity index (χ0) is 10.5. The van der Waals surface area contributed by atoms with E-state index in [4.69, 9.17) is 9.47 Å². The van der Waals surface area contributed by atoms with Crippen molar-refractivity contribution in [3.63, 3.8) is 0 Å². The molecule has 2 saturated heterocycles. The van der Waals surface area contributed by atoms with E-state index in [-0.39, 0.29) is 6.29 Å². The van der Waals surface area contributed by atoms with E-state index in [0.29, 0.717) is 12.0 Å². The number of ether oxygens (including phenoxy) is 2. The average Bonchev–Trinajstić information content (AvgIpc) is 2.68. The monoisotopic (exact) mass is 211 g/mol. The van der Waals surface area contributed by atoms with Crippen LogP contribution in [0.4, 0.5) is 0 Å². The van der Waals surface area contributed by atoms with Crippen molar-refractivity contribution in [1.29, 1.82) is 0 Å². The van der Waals surface area contributed by atoms with Gasteiger partial charge in [-0.3, -0.25) is 0 Å². The van der Waals surface area contributed by atoms with Crippen molar-refractivity contribution < 1.29 is 9.47 Å². The third-order valence-electron chi connectivity index (χ3n) is 3.21. The zero-order valence-corrected chi connectivity index (χ0v) is 9.28. The average molecular weight is 211 g/mol. The van der Waals surface area contributed by atoms with Crippen LogP contribution >= 0.6 is 0 Å². The fourth-order valence-electron chi connectivity index (χ4n) is 2.33. The van der Waals surface area contributed by atoms with Crippen LogP contribution < -0.4 is 5.32 Å². The van der Waals surface area contributed by atoms with E-state index in [1.165, 1.54) is 12.8 Å². The molecule has 3 heteroatoms. The van der Waals surface area contributed by atoms with Crippen molar-refractivity contribution in [3.8, 4) is 0 Å². The van der Waals surface area contributed by atoms with Gasteiger partial charge in [-0.2, -0.15) is 0 Å². The predicted molar refractivity (Wildman–Crippen MR) is 59.6 cm³/mol. The highest BCUT2D eigenvalue weighted by atomic mass is 16.7. The summed E-state index contributed by atoms with van der Waals surface area (Å²) in [5.41, 5.74) is 0. The third-order valence-corrected chi connectivity index (χ3v) is 3.21. The fourth-order valence-corrected chi connectivity index (χ4v) is 2.33. The molecule has 0 radical (unpaired) electrons. The molecule has 2 heterocycles. The van der Waals surface area contributed by atoms with Gasteiger partial charge in [-0.15, -0.1) is 6.58 Å². The van der Waals surface area contributed by atoms with Crippen molar-refractivity contribution >= 4 is 0 Å². The van der Waals surface area contributed by atoms with E-state index in [9.17, 15) is 0 Å². The lowest BCUT2D eigenvalue weighted by atomic mass is 10.0. The minimum Gasteiger partial charge on any atom is -0.353 e. The van der Waals surface area contributed by atoms with Gasteiger partial charge in [-0.1, -0.05) is 6.08 Å². The molecule has 15 heavy (non-hydrogen) atoms. The molecule has 1 N–H and O–H groups in total. The second-order valence-corrected chi connectivity index (χ2v) is 4.41. The van der Waals surface area contributed by atoms with Gasteiger partial charge in [0.25, 0.3) is 0 Å². The summed E-state index contributed by atoms with van der Waals surface area (Å²) in [5.74, 6) is 0.577. The number of hydrogen-bond donors (Lipinski definition) is 1. The Hall–Kier alpha value is -0.380. The molecule has 0 aromatic heterocycles. The first-order valence-corrected chi connectivity index (χ1v) is 5.99. The standard InChI is InChI=1S/C12H21NO2/c1-2-5-10-8-13-9-11(10)15-12-6-3-4-7-14-12/h2,10-13H,1,3-9H2/t10-,11+,12?/m0/s1. The molecule has 0 spiro atoms. The van der Waals surface area contributed by atoms with E-state index in [1.54, 1.807) is 0 Å². The molecule has 0 aromatic carbocycles. The van der Waals surface area contributed by atoms with Crippen molar-refractivity contribution in [2.45, 2.75) is 38.1 Å². The Labute approximate surface area is 91.8 Å². The molecular formula is C12H21NO2. The molecule has 0 amide bonds. The van der Waals surface area contributed by atoms with Gasteiger partial charge in [-0.25, -0.2) is 0 Å². The highest BCUT2D eigenvalue weighted by Gasteiger charge is 2.29. The van der Waals surface area contributed by atoms with E-state index >= 15 is 0 Å². The summed E-state index contributed by atoms with van der Waals surface area (Å²) < 4.78 is 11.6. The van der Waals surface area contributed by atoms with Crippen LogP contribution in [0.1, 0.15) is 25.7 Å². The van der Waals surface area contributed by atoms with Crippen LogP contribution in [0.5, 0.6) is 0 Å². The highest BCUT2D eigenvalue weighted by Crippen LogP contribution is 2.22. The molecule has 2 aliphatic heterocycles. The van der Waals surface area contributed by atoms with Crippen molar-refractivity contribution in [1.82, 2.24) is 5.32 Å². The lowest BCUT2D eigenvalue weighted by molar-refractivity contribution is -0.191. The molecule has 0 aromatic rings. The Kier molecular flexibility index (Phi) is 4.18. The first-order chi connectivity index (χ1) is 7.40. The SMILES string of the molecule is C=CC[C@H]1CNC[C@H]1OC1CCCCO1. The lowest BCUT2D eigenvalue weighted by Gasteiger charge is -2.28. The van der Waals surface area contributed by atoms with Crippen LogP contribution in [0.15, 0.2) is 12.7 Å². The zero-order valence-electron chi connectivity index (χ0n) is 9.28. The van der Waals surface area contributed by atoms with Gasteiger partial charge in [0.15, 0.2) is 6.29 Å². The molecule has 0 saturated carbocycles. The molecule has 1 unspecified atom stereocenters. The molecule has 2 fully saturated rings. The largest absolute Gasteiger partial charge is 0.353 e. The smallest absolute Gasteiger partial charge is 0.158 e. The van der Waals surface area contributed by atoms with E-state index in [1.807, 2.05) is 6.08 Å². The van der Waals surface area contributed by atoms with Crippen LogP contribution in [0, 0.1) is 5.92 Å². The summed E-state index contributed by atoms with van der Waals surface area (Å²) in [7, 11) is 0. The van der Waals surface area contributed by atoms with E-state index in [0.717, 1.165) is 32.5 Å². The van der Waals surface area contributed by atoms with Crippen LogP contribution in [0.2, 0.25) is 0 Å². The van der Waals surface area contributed by atoms with Crippen molar-refractivity contribution in [2.75, 3.05) is 19.7 Å². The van der Waals surface area contributed by atoms with E-state index < -0.39 is 0 Å². The first kappa shape index (κ1) is 11.1. The van der Waals surface area contributed by atoms with Crippen molar-refractivity contribution in [3.05, 3.63) is 12.7 Å². The molecule has 3 nitrogen and oxygen atoms in total. The maximum Gasteiger partial charge on any atom is 0.158 e. The Morgan fingerprint density at radius 2 is 2.33 bits per heavy atom. The second-order valence-electron chi connectivity index (χ2n) is 4.41. The first-order valence-electron chi connectivity index (χ1n) is 5.99. The number of hydrogen-bond acceptors (Lipinski definition) is 3. The van der Waals surface area contributed by atoms with Gasteiger partial charge in [0.05, 0.1) is 6.10 Å². The Balaban J connectivity index is 1.78. The molecule has 0 aliphatic carbocycles. The predicted octanol–water partition coefficient (Wildman–Crippen LogP) is 1.69. The normalized spacial score (nSPS) is 36.7. The molecular weight excluding hydrogens is 190 g/mol. The van der Waals surface area contributed by atoms with Crippen LogP contribution in [-0.2, 0) is 9.47 Å². The van der Waals surface area contributed by atoms with Crippen LogP contribution in [0.3, 0.4) is 0 Å². The highest BCUT2D eigenvalue weighted by molar-refractivity contribution is 4.87. The number of allylic oxidation sites excluding steroid dienone is 1. The molecule has 2 aliphatic rings. The summed E-state index contributed by atoms with van der Waals surface area (Å²) >= 11 is 0. The summed E-state index contributed by atoms with van der Waals surface area (Å²) in [4.78, 5) is 0.